The summed E-state index contributed by atoms with van der Waals surface area (Å²) in [6.07, 6.45) is 8.21. The lowest BCUT2D eigenvalue weighted by Gasteiger charge is -2.56. The molecule has 10 heteroatoms. The van der Waals surface area contributed by atoms with Gasteiger partial charge in [0.2, 0.25) is 0 Å². The van der Waals surface area contributed by atoms with Crippen LogP contribution in [0.25, 0.3) is 0 Å². The van der Waals surface area contributed by atoms with Gasteiger partial charge in [-0.1, -0.05) is 67.2 Å². The monoisotopic (exact) mass is 603 g/mol. The lowest BCUT2D eigenvalue weighted by Crippen LogP contribution is -2.61. The van der Waals surface area contributed by atoms with Crippen LogP contribution in [0.3, 0.4) is 0 Å². The number of carbonyl (C=O) groups is 1. The van der Waals surface area contributed by atoms with Gasteiger partial charge in [-0.2, -0.15) is 5.10 Å². The Bertz CT molecular complexity index is 1350. The molecule has 8 rings (SSSR count). The van der Waals surface area contributed by atoms with E-state index in [9.17, 15) is 9.90 Å². The lowest BCUT2D eigenvalue weighted by atomic mass is 9.53. The second-order valence-corrected chi connectivity index (χ2v) is 14.2. The van der Waals surface area contributed by atoms with Gasteiger partial charge in [-0.25, -0.2) is 9.78 Å². The van der Waals surface area contributed by atoms with Crippen LogP contribution in [0.15, 0.2) is 60.0 Å². The number of urea groups is 1. The Labute approximate surface area is 256 Å². The minimum atomic E-state index is -0.541. The molecule has 43 heavy (non-hydrogen) atoms. The number of nitrogens with zero attached hydrogens (tertiary/aromatic N) is 2. The second-order valence-electron chi connectivity index (χ2n) is 13.2. The van der Waals surface area contributed by atoms with Crippen LogP contribution in [0.1, 0.15) is 80.1 Å². The van der Waals surface area contributed by atoms with Crippen LogP contribution < -0.4 is 10.6 Å². The third kappa shape index (κ3) is 6.34. The van der Waals surface area contributed by atoms with Crippen molar-refractivity contribution in [3.63, 3.8) is 0 Å². The van der Waals surface area contributed by atoms with Crippen molar-refractivity contribution in [3.8, 4) is 0 Å². The van der Waals surface area contributed by atoms with Crippen molar-refractivity contribution in [2.45, 2.75) is 87.8 Å². The van der Waals surface area contributed by atoms with Crippen LogP contribution >= 0.6 is 11.8 Å². The van der Waals surface area contributed by atoms with Gasteiger partial charge in [0.15, 0.2) is 11.4 Å². The Morgan fingerprint density at radius 3 is 2.26 bits per heavy atom. The lowest BCUT2D eigenvalue weighted by molar-refractivity contribution is -0.268. The SMILES string of the molecule is C[C@H]1[C@@H](CSc2ncn[nH]2)O[C@@H](c2ccc(CNC(=O)NC34CC5CC(CC(C5)C3)C4)cc2)O[C@H]1c1ccc(CO)cc1. The summed E-state index contributed by atoms with van der Waals surface area (Å²) < 4.78 is 13.1. The van der Waals surface area contributed by atoms with Crippen molar-refractivity contribution < 1.29 is 19.4 Å². The fourth-order valence-electron chi connectivity index (χ4n) is 8.26. The van der Waals surface area contributed by atoms with Gasteiger partial charge >= 0.3 is 6.03 Å². The topological polar surface area (TPSA) is 121 Å². The number of amides is 2. The zero-order valence-electron chi connectivity index (χ0n) is 24.6. The second kappa shape index (κ2) is 12.2. The Balaban J connectivity index is 0.998. The predicted molar refractivity (Wildman–Crippen MR) is 163 cm³/mol. The highest BCUT2D eigenvalue weighted by atomic mass is 32.2. The number of thioether (sulfide) groups is 1. The molecule has 4 bridgehead atoms. The van der Waals surface area contributed by atoms with Crippen molar-refractivity contribution in [2.75, 3.05) is 5.75 Å². The van der Waals surface area contributed by atoms with E-state index in [2.05, 4.69) is 32.7 Å². The third-order valence-electron chi connectivity index (χ3n) is 10.0. The molecule has 2 heterocycles. The molecule has 3 aromatic rings. The van der Waals surface area contributed by atoms with Crippen LogP contribution in [0.2, 0.25) is 0 Å². The summed E-state index contributed by atoms with van der Waals surface area (Å²) in [5, 5.41) is 23.6. The van der Waals surface area contributed by atoms with Gasteiger partial charge < -0.3 is 25.2 Å². The van der Waals surface area contributed by atoms with Gasteiger partial charge in [0.1, 0.15) is 6.33 Å². The molecule has 4 atom stereocenters. The van der Waals surface area contributed by atoms with Crippen LogP contribution in [-0.2, 0) is 22.6 Å². The van der Waals surface area contributed by atoms with E-state index in [0.717, 1.165) is 64.4 Å². The standard InChI is InChI=1S/C33H41N5O4S/c1-20-28(18-43-32-35-19-36-38-32)41-30(42-29(20)26-6-4-22(17-39)5-7-26)27-8-2-21(3-9-27)16-34-31(40)37-33-13-23-10-24(14-33)12-25(11-23)15-33/h2-9,19-20,23-25,28-30,39H,10-18H2,1H3,(H2,34,37,40)(H,35,36,38)/t20-,23?,24?,25?,28+,29+,30+,33?/m0/s1. The van der Waals surface area contributed by atoms with Gasteiger partial charge in [0, 0.05) is 29.3 Å². The molecule has 1 saturated heterocycles. The number of aromatic amines is 1. The first-order valence-electron chi connectivity index (χ1n) is 15.6. The molecular weight excluding hydrogens is 562 g/mol. The summed E-state index contributed by atoms with van der Waals surface area (Å²) in [5.74, 6) is 3.17. The molecule has 4 N–H and O–H groups in total. The smallest absolute Gasteiger partial charge is 0.315 e. The third-order valence-corrected chi connectivity index (χ3v) is 11.0. The first kappa shape index (κ1) is 28.8. The molecule has 5 aliphatic rings. The summed E-state index contributed by atoms with van der Waals surface area (Å²) >= 11 is 1.58. The molecule has 4 aliphatic carbocycles. The number of hydrogen-bond donors (Lipinski definition) is 4. The summed E-state index contributed by atoms with van der Waals surface area (Å²) in [6, 6.07) is 16.0. The number of ether oxygens (including phenoxy) is 2. The van der Waals surface area contributed by atoms with E-state index in [4.69, 9.17) is 9.47 Å². The highest BCUT2D eigenvalue weighted by Gasteiger charge is 2.51. The van der Waals surface area contributed by atoms with E-state index in [1.807, 2.05) is 48.5 Å². The number of hydrogen-bond acceptors (Lipinski definition) is 7. The molecule has 4 saturated carbocycles. The minimum Gasteiger partial charge on any atom is -0.392 e. The number of nitrogens with one attached hydrogen (secondary N) is 3. The van der Waals surface area contributed by atoms with Gasteiger partial charge in [-0.05, 0) is 73.0 Å². The fourth-order valence-corrected chi connectivity index (χ4v) is 9.20. The Hall–Kier alpha value is -2.92. The summed E-state index contributed by atoms with van der Waals surface area (Å²) in [4.78, 5) is 17.2. The summed E-state index contributed by atoms with van der Waals surface area (Å²) in [5.41, 5.74) is 3.89. The Morgan fingerprint density at radius 2 is 1.63 bits per heavy atom. The van der Waals surface area contributed by atoms with Gasteiger partial charge in [0.05, 0.1) is 18.8 Å². The minimum absolute atomic E-state index is 0.00667. The van der Waals surface area contributed by atoms with E-state index in [1.165, 1.54) is 25.6 Å². The maximum Gasteiger partial charge on any atom is 0.315 e. The summed E-state index contributed by atoms with van der Waals surface area (Å²) in [6.45, 7) is 2.63. The molecule has 2 aromatic carbocycles. The molecule has 1 aliphatic heterocycles. The molecule has 0 unspecified atom stereocenters. The number of carbonyl (C=O) groups excluding carboxylic acids is 1. The number of rotatable bonds is 9. The van der Waals surface area contributed by atoms with E-state index in [0.29, 0.717) is 12.3 Å². The molecular formula is C33H41N5O4S. The first-order valence-corrected chi connectivity index (χ1v) is 16.6. The highest BCUT2D eigenvalue weighted by Crippen LogP contribution is 2.55. The highest BCUT2D eigenvalue weighted by molar-refractivity contribution is 7.99. The zero-order chi connectivity index (χ0) is 29.4. The molecule has 228 valence electrons. The molecule has 5 fully saturated rings. The quantitative estimate of drug-likeness (QED) is 0.233. The fraction of sp³-hybridized carbons (Fsp3) is 0.545. The molecule has 0 radical (unpaired) electrons. The van der Waals surface area contributed by atoms with E-state index < -0.39 is 6.29 Å². The van der Waals surface area contributed by atoms with Gasteiger partial charge in [0.25, 0.3) is 0 Å². The largest absolute Gasteiger partial charge is 0.392 e. The first-order chi connectivity index (χ1) is 20.9. The predicted octanol–water partition coefficient (Wildman–Crippen LogP) is 5.65. The van der Waals surface area contributed by atoms with Crippen molar-refractivity contribution in [3.05, 3.63) is 77.1 Å². The van der Waals surface area contributed by atoms with Crippen LogP contribution in [-0.4, -0.2) is 43.7 Å². The van der Waals surface area contributed by atoms with E-state index >= 15 is 0 Å². The number of H-pyrrole nitrogens is 1. The Morgan fingerprint density at radius 1 is 0.977 bits per heavy atom. The Kier molecular flexibility index (Phi) is 8.20. The van der Waals surface area contributed by atoms with Crippen molar-refractivity contribution in [1.82, 2.24) is 25.8 Å². The van der Waals surface area contributed by atoms with E-state index in [-0.39, 0.29) is 36.3 Å². The number of aromatic nitrogens is 3. The van der Waals surface area contributed by atoms with Crippen LogP contribution in [0.5, 0.6) is 0 Å². The van der Waals surface area contributed by atoms with E-state index in [1.54, 1.807) is 11.8 Å². The maximum absolute atomic E-state index is 13.0. The number of aliphatic hydroxyl groups is 1. The molecule has 0 spiro atoms. The normalized spacial score (nSPS) is 32.9. The zero-order valence-corrected chi connectivity index (χ0v) is 25.4. The van der Waals surface area contributed by atoms with Crippen LogP contribution in [0.4, 0.5) is 4.79 Å². The average molecular weight is 604 g/mol. The average Bonchev–Trinajstić information content (AvgIpc) is 3.53. The van der Waals surface area contributed by atoms with Gasteiger partial charge in [-0.3, -0.25) is 5.10 Å². The van der Waals surface area contributed by atoms with Crippen LogP contribution in [0, 0.1) is 23.7 Å². The number of aliphatic hydroxyl groups excluding tert-OH is 1. The number of benzene rings is 2. The van der Waals surface area contributed by atoms with Crippen molar-refractivity contribution in [1.29, 1.82) is 0 Å². The van der Waals surface area contributed by atoms with Gasteiger partial charge in [-0.15, -0.1) is 0 Å². The van der Waals surface area contributed by atoms with Crippen molar-refractivity contribution in [2.24, 2.45) is 23.7 Å². The molecule has 2 amide bonds. The summed E-state index contributed by atoms with van der Waals surface area (Å²) in [7, 11) is 0. The molecule has 1 aromatic heterocycles. The van der Waals surface area contributed by atoms with Crippen molar-refractivity contribution >= 4 is 17.8 Å². The maximum atomic E-state index is 13.0. The molecule has 9 nitrogen and oxygen atoms in total.